The zero-order valence-electron chi connectivity index (χ0n) is 8.98. The Labute approximate surface area is 97.6 Å². The van der Waals surface area contributed by atoms with Gasteiger partial charge in [0.2, 0.25) is 0 Å². The van der Waals surface area contributed by atoms with Crippen LogP contribution in [0.2, 0.25) is 0 Å². The first-order valence-electron chi connectivity index (χ1n) is 4.74. The minimum Gasteiger partial charge on any atom is -0.497 e. The Kier molecular flexibility index (Phi) is 2.67. The molecule has 0 aliphatic carbocycles. The van der Waals surface area contributed by atoms with E-state index in [-0.39, 0.29) is 11.0 Å². The van der Waals surface area contributed by atoms with E-state index in [4.69, 9.17) is 4.74 Å². The van der Waals surface area contributed by atoms with E-state index in [9.17, 15) is 22.0 Å². The van der Waals surface area contributed by atoms with Crippen molar-refractivity contribution in [3.05, 3.63) is 24.0 Å². The Balaban J connectivity index is 2.54. The fourth-order valence-electron chi connectivity index (χ4n) is 1.40. The van der Waals surface area contributed by atoms with E-state index >= 15 is 0 Å². The van der Waals surface area contributed by atoms with Crippen LogP contribution in [0.4, 0.5) is 22.0 Å². The van der Waals surface area contributed by atoms with Gasteiger partial charge in [-0.05, 0) is 12.1 Å². The maximum atomic E-state index is 13.0. The number of benzene rings is 1. The number of ether oxygens (including phenoxy) is 1. The van der Waals surface area contributed by atoms with E-state index in [1.807, 2.05) is 4.98 Å². The summed E-state index contributed by atoms with van der Waals surface area (Å²) in [6.07, 6.45) is -5.69. The lowest BCUT2D eigenvalue weighted by atomic mass is 10.3. The molecule has 1 N–H and O–H groups in total. The van der Waals surface area contributed by atoms with Crippen LogP contribution in [0.3, 0.4) is 0 Å². The van der Waals surface area contributed by atoms with Gasteiger partial charge in [-0.1, -0.05) is 0 Å². The van der Waals surface area contributed by atoms with Crippen LogP contribution in [-0.2, 0) is 5.92 Å². The van der Waals surface area contributed by atoms with Gasteiger partial charge in [0.1, 0.15) is 5.75 Å². The largest absolute Gasteiger partial charge is 0.497 e. The highest BCUT2D eigenvalue weighted by Gasteiger charge is 2.61. The minimum absolute atomic E-state index is 0.00900. The molecule has 0 unspecified atom stereocenters. The molecule has 0 aliphatic heterocycles. The van der Waals surface area contributed by atoms with E-state index < -0.39 is 17.9 Å². The van der Waals surface area contributed by atoms with Crippen molar-refractivity contribution >= 4 is 11.0 Å². The Morgan fingerprint density at radius 3 is 2.39 bits per heavy atom. The Bertz CT molecular complexity index is 575. The zero-order valence-corrected chi connectivity index (χ0v) is 8.98. The van der Waals surface area contributed by atoms with Crippen LogP contribution in [0.15, 0.2) is 18.2 Å². The van der Waals surface area contributed by atoms with Crippen molar-refractivity contribution in [1.29, 1.82) is 0 Å². The number of aromatic nitrogens is 2. The van der Waals surface area contributed by atoms with E-state index in [0.29, 0.717) is 5.75 Å². The predicted octanol–water partition coefficient (Wildman–Crippen LogP) is 3.23. The van der Waals surface area contributed by atoms with Crippen molar-refractivity contribution in [2.75, 3.05) is 7.11 Å². The van der Waals surface area contributed by atoms with Gasteiger partial charge in [0.25, 0.3) is 0 Å². The number of imidazole rings is 1. The summed E-state index contributed by atoms with van der Waals surface area (Å²) in [6.45, 7) is 0. The zero-order chi connectivity index (χ0) is 13.6. The summed E-state index contributed by atoms with van der Waals surface area (Å²) < 4.78 is 67.4. The van der Waals surface area contributed by atoms with Crippen molar-refractivity contribution in [2.24, 2.45) is 0 Å². The van der Waals surface area contributed by atoms with Gasteiger partial charge in [-0.2, -0.15) is 22.0 Å². The van der Waals surface area contributed by atoms with Crippen LogP contribution in [0.25, 0.3) is 11.0 Å². The molecule has 98 valence electrons. The highest BCUT2D eigenvalue weighted by atomic mass is 19.4. The molecule has 1 aromatic carbocycles. The third-order valence-corrected chi connectivity index (χ3v) is 2.34. The maximum Gasteiger partial charge on any atom is 0.461 e. The van der Waals surface area contributed by atoms with Crippen LogP contribution in [0, 0.1) is 0 Å². The van der Waals surface area contributed by atoms with Crippen LogP contribution in [0.1, 0.15) is 5.82 Å². The molecule has 2 aromatic rings. The van der Waals surface area contributed by atoms with E-state index in [2.05, 4.69) is 4.98 Å². The number of halogens is 5. The van der Waals surface area contributed by atoms with Gasteiger partial charge in [-0.3, -0.25) is 0 Å². The van der Waals surface area contributed by atoms with Crippen molar-refractivity contribution in [1.82, 2.24) is 9.97 Å². The SMILES string of the molecule is COc1ccc2nc(C(F)(F)C(F)(F)F)[nH]c2c1. The van der Waals surface area contributed by atoms with Crippen molar-refractivity contribution < 1.29 is 26.7 Å². The fraction of sp³-hybridized carbons (Fsp3) is 0.300. The topological polar surface area (TPSA) is 37.9 Å². The molecule has 0 aliphatic rings. The highest BCUT2D eigenvalue weighted by molar-refractivity contribution is 5.77. The first kappa shape index (κ1) is 12.6. The highest BCUT2D eigenvalue weighted by Crippen LogP contribution is 2.43. The predicted molar refractivity (Wildman–Crippen MR) is 52.6 cm³/mol. The molecule has 2 rings (SSSR count). The first-order valence-corrected chi connectivity index (χ1v) is 4.74. The second-order valence-corrected chi connectivity index (χ2v) is 3.54. The van der Waals surface area contributed by atoms with Crippen LogP contribution < -0.4 is 4.74 Å². The summed E-state index contributed by atoms with van der Waals surface area (Å²) in [6, 6.07) is 4.00. The average molecular weight is 266 g/mol. The van der Waals surface area contributed by atoms with Crippen LogP contribution >= 0.6 is 0 Å². The van der Waals surface area contributed by atoms with Crippen molar-refractivity contribution in [2.45, 2.75) is 12.1 Å². The van der Waals surface area contributed by atoms with Gasteiger partial charge >= 0.3 is 12.1 Å². The summed E-state index contributed by atoms with van der Waals surface area (Å²) in [5.41, 5.74) is 0.0583. The third-order valence-electron chi connectivity index (χ3n) is 2.34. The number of hydrogen-bond donors (Lipinski definition) is 1. The van der Waals surface area contributed by atoms with Crippen molar-refractivity contribution in [3.63, 3.8) is 0 Å². The van der Waals surface area contributed by atoms with Crippen LogP contribution in [-0.4, -0.2) is 23.3 Å². The lowest BCUT2D eigenvalue weighted by molar-refractivity contribution is -0.292. The molecule has 0 saturated heterocycles. The van der Waals surface area contributed by atoms with Gasteiger partial charge in [0.15, 0.2) is 5.82 Å². The molecule has 0 fully saturated rings. The summed E-state index contributed by atoms with van der Waals surface area (Å²) >= 11 is 0. The Morgan fingerprint density at radius 2 is 1.83 bits per heavy atom. The Hall–Kier alpha value is -1.86. The molecule has 0 spiro atoms. The summed E-state index contributed by atoms with van der Waals surface area (Å²) in [4.78, 5) is 5.20. The molecule has 0 saturated carbocycles. The molecule has 0 amide bonds. The average Bonchev–Trinajstić information content (AvgIpc) is 2.70. The molecule has 1 aromatic heterocycles. The van der Waals surface area contributed by atoms with Gasteiger partial charge in [0, 0.05) is 6.07 Å². The molecule has 18 heavy (non-hydrogen) atoms. The standard InChI is InChI=1S/C10H7F5N2O/c1-18-5-2-3-6-7(4-5)17-8(16-6)9(11,12)10(13,14)15/h2-4H,1H3,(H,16,17). The first-order chi connectivity index (χ1) is 8.25. The maximum absolute atomic E-state index is 13.0. The number of rotatable bonds is 2. The summed E-state index contributed by atoms with van der Waals surface area (Å²) in [7, 11) is 1.35. The quantitative estimate of drug-likeness (QED) is 0.847. The number of aromatic amines is 1. The number of nitrogens with zero attached hydrogens (tertiary/aromatic N) is 1. The number of methoxy groups -OCH3 is 1. The van der Waals surface area contributed by atoms with Gasteiger partial charge in [-0.15, -0.1) is 0 Å². The second-order valence-electron chi connectivity index (χ2n) is 3.54. The molecule has 8 heteroatoms. The normalized spacial score (nSPS) is 13.0. The van der Waals surface area contributed by atoms with Gasteiger partial charge < -0.3 is 9.72 Å². The number of hydrogen-bond acceptors (Lipinski definition) is 2. The fourth-order valence-corrected chi connectivity index (χ4v) is 1.40. The molecular weight excluding hydrogens is 259 g/mol. The smallest absolute Gasteiger partial charge is 0.461 e. The molecule has 0 atom stereocenters. The van der Waals surface area contributed by atoms with Crippen LogP contribution in [0.5, 0.6) is 5.75 Å². The lowest BCUT2D eigenvalue weighted by Crippen LogP contribution is -2.34. The number of nitrogens with one attached hydrogen (secondary N) is 1. The lowest BCUT2D eigenvalue weighted by Gasteiger charge is -2.16. The van der Waals surface area contributed by atoms with Gasteiger partial charge in [-0.25, -0.2) is 4.98 Å². The van der Waals surface area contributed by atoms with Gasteiger partial charge in [0.05, 0.1) is 18.1 Å². The number of H-pyrrole nitrogens is 1. The van der Waals surface area contributed by atoms with E-state index in [1.165, 1.54) is 25.3 Å². The molecule has 1 heterocycles. The summed E-state index contributed by atoms with van der Waals surface area (Å²) in [5, 5.41) is 0. The summed E-state index contributed by atoms with van der Waals surface area (Å²) in [5.74, 6) is -6.12. The molecule has 0 radical (unpaired) electrons. The molecule has 3 nitrogen and oxygen atoms in total. The van der Waals surface area contributed by atoms with Crippen molar-refractivity contribution in [3.8, 4) is 5.75 Å². The second kappa shape index (κ2) is 3.82. The molecule has 0 bridgehead atoms. The minimum atomic E-state index is -5.69. The third kappa shape index (κ3) is 1.87. The Morgan fingerprint density at radius 1 is 1.17 bits per heavy atom. The number of alkyl halides is 5. The monoisotopic (exact) mass is 266 g/mol. The van der Waals surface area contributed by atoms with E-state index in [1.54, 1.807) is 0 Å². The van der Waals surface area contributed by atoms with E-state index in [0.717, 1.165) is 0 Å². The number of fused-ring (bicyclic) bond motifs is 1. The molecular formula is C10H7F5N2O.